The number of H-pyrrole nitrogens is 1. The predicted octanol–water partition coefficient (Wildman–Crippen LogP) is 3.01. The summed E-state index contributed by atoms with van der Waals surface area (Å²) in [5, 5.41) is 1.44. The van der Waals surface area contributed by atoms with Crippen LogP contribution >= 0.6 is 11.6 Å². The summed E-state index contributed by atoms with van der Waals surface area (Å²) >= 11 is 6.28. The van der Waals surface area contributed by atoms with Gasteiger partial charge in [-0.2, -0.15) is 0 Å². The van der Waals surface area contributed by atoms with Crippen molar-refractivity contribution in [3.63, 3.8) is 0 Å². The van der Waals surface area contributed by atoms with Crippen LogP contribution in [0.2, 0.25) is 5.02 Å². The summed E-state index contributed by atoms with van der Waals surface area (Å²) in [7, 11) is 1.75. The molecule has 0 unspecified atom stereocenters. The quantitative estimate of drug-likeness (QED) is 0.516. The SMILES string of the molecule is CN(Cc1ccc(Cl)c2cccnc12)c1c(N)n(Cc2ccccc2)c(=O)[nH]c1=O. The minimum absolute atomic E-state index is 0.112. The van der Waals surface area contributed by atoms with Crippen molar-refractivity contribution in [2.24, 2.45) is 0 Å². The van der Waals surface area contributed by atoms with Crippen molar-refractivity contribution in [1.29, 1.82) is 0 Å². The first kappa shape index (κ1) is 19.7. The molecule has 7 nitrogen and oxygen atoms in total. The Morgan fingerprint density at radius 3 is 2.63 bits per heavy atom. The average molecular weight is 422 g/mol. The summed E-state index contributed by atoms with van der Waals surface area (Å²) in [6, 6.07) is 16.8. The molecule has 0 bridgehead atoms. The number of benzene rings is 2. The van der Waals surface area contributed by atoms with E-state index >= 15 is 0 Å². The number of nitrogens with one attached hydrogen (secondary N) is 1. The van der Waals surface area contributed by atoms with Crippen LogP contribution in [0.4, 0.5) is 11.5 Å². The third kappa shape index (κ3) is 3.67. The van der Waals surface area contributed by atoms with Gasteiger partial charge in [0.15, 0.2) is 0 Å². The van der Waals surface area contributed by atoms with Gasteiger partial charge in [-0.1, -0.05) is 48.0 Å². The van der Waals surface area contributed by atoms with E-state index in [2.05, 4.69) is 9.97 Å². The lowest BCUT2D eigenvalue weighted by atomic mass is 10.1. The van der Waals surface area contributed by atoms with Crippen LogP contribution < -0.4 is 21.9 Å². The number of halogens is 1. The van der Waals surface area contributed by atoms with Crippen molar-refractivity contribution in [1.82, 2.24) is 14.5 Å². The van der Waals surface area contributed by atoms with E-state index in [0.29, 0.717) is 11.6 Å². The van der Waals surface area contributed by atoms with Crippen LogP contribution in [0.1, 0.15) is 11.1 Å². The lowest BCUT2D eigenvalue weighted by molar-refractivity contribution is 0.725. The Morgan fingerprint density at radius 1 is 1.10 bits per heavy atom. The molecule has 4 aromatic rings. The Hall–Kier alpha value is -3.58. The van der Waals surface area contributed by atoms with Crippen LogP contribution in [-0.4, -0.2) is 21.6 Å². The van der Waals surface area contributed by atoms with E-state index in [4.69, 9.17) is 17.3 Å². The van der Waals surface area contributed by atoms with Gasteiger partial charge in [-0.05, 0) is 29.3 Å². The second-order valence-electron chi connectivity index (χ2n) is 7.03. The van der Waals surface area contributed by atoms with E-state index in [1.807, 2.05) is 48.5 Å². The molecular weight excluding hydrogens is 402 g/mol. The number of nitrogens with two attached hydrogens (primary N) is 1. The number of hydrogen-bond acceptors (Lipinski definition) is 5. The van der Waals surface area contributed by atoms with Gasteiger partial charge in [0, 0.05) is 30.2 Å². The molecule has 0 aliphatic carbocycles. The summed E-state index contributed by atoms with van der Waals surface area (Å²) in [4.78, 5) is 33.5. The molecule has 152 valence electrons. The van der Waals surface area contributed by atoms with Crippen molar-refractivity contribution in [2.45, 2.75) is 13.1 Å². The average Bonchev–Trinajstić information content (AvgIpc) is 2.74. The fourth-order valence-electron chi connectivity index (χ4n) is 3.53. The zero-order chi connectivity index (χ0) is 21.3. The second-order valence-corrected chi connectivity index (χ2v) is 7.43. The summed E-state index contributed by atoms with van der Waals surface area (Å²) < 4.78 is 1.36. The van der Waals surface area contributed by atoms with E-state index in [1.165, 1.54) is 4.57 Å². The highest BCUT2D eigenvalue weighted by molar-refractivity contribution is 6.35. The zero-order valence-electron chi connectivity index (χ0n) is 16.3. The normalized spacial score (nSPS) is 11.0. The summed E-state index contributed by atoms with van der Waals surface area (Å²) in [6.07, 6.45) is 1.70. The minimum Gasteiger partial charge on any atom is -0.383 e. The van der Waals surface area contributed by atoms with E-state index in [9.17, 15) is 9.59 Å². The number of nitrogen functional groups attached to an aromatic ring is 1. The Labute approximate surface area is 177 Å². The van der Waals surface area contributed by atoms with Gasteiger partial charge in [0.1, 0.15) is 11.5 Å². The Balaban J connectivity index is 1.74. The van der Waals surface area contributed by atoms with Crippen molar-refractivity contribution in [2.75, 3.05) is 17.7 Å². The first-order valence-electron chi connectivity index (χ1n) is 9.35. The Bertz CT molecular complexity index is 1330. The number of fused-ring (bicyclic) bond motifs is 1. The Morgan fingerprint density at radius 2 is 1.87 bits per heavy atom. The lowest BCUT2D eigenvalue weighted by Gasteiger charge is -2.22. The maximum Gasteiger partial charge on any atom is 0.330 e. The first-order chi connectivity index (χ1) is 14.5. The molecule has 0 aliphatic heterocycles. The number of pyridine rings is 1. The molecule has 0 saturated carbocycles. The Kier molecular flexibility index (Phi) is 5.29. The maximum atomic E-state index is 12.6. The van der Waals surface area contributed by atoms with Crippen LogP contribution in [0.25, 0.3) is 10.9 Å². The molecule has 0 atom stereocenters. The highest BCUT2D eigenvalue weighted by Gasteiger charge is 2.18. The topological polar surface area (TPSA) is 97.0 Å². The van der Waals surface area contributed by atoms with Crippen LogP contribution in [-0.2, 0) is 13.1 Å². The molecule has 0 fully saturated rings. The second kappa shape index (κ2) is 8.04. The monoisotopic (exact) mass is 421 g/mol. The van der Waals surface area contributed by atoms with E-state index < -0.39 is 11.2 Å². The molecule has 8 heteroatoms. The molecular formula is C22H20ClN5O2. The fraction of sp³-hybridized carbons (Fsp3) is 0.136. The van der Waals surface area contributed by atoms with E-state index in [1.54, 1.807) is 24.2 Å². The number of rotatable bonds is 5. The van der Waals surface area contributed by atoms with Gasteiger partial charge in [0.05, 0.1) is 12.1 Å². The highest BCUT2D eigenvalue weighted by atomic mass is 35.5. The molecule has 2 aromatic heterocycles. The van der Waals surface area contributed by atoms with Gasteiger partial charge < -0.3 is 10.6 Å². The van der Waals surface area contributed by atoms with Crippen LogP contribution in [0.5, 0.6) is 0 Å². The van der Waals surface area contributed by atoms with Crippen molar-refractivity contribution >= 4 is 34.0 Å². The largest absolute Gasteiger partial charge is 0.383 e. The smallest absolute Gasteiger partial charge is 0.330 e. The predicted molar refractivity (Wildman–Crippen MR) is 120 cm³/mol. The maximum absolute atomic E-state index is 12.6. The van der Waals surface area contributed by atoms with E-state index in [-0.39, 0.29) is 18.1 Å². The van der Waals surface area contributed by atoms with Gasteiger partial charge in [-0.3, -0.25) is 19.3 Å². The van der Waals surface area contributed by atoms with Crippen LogP contribution in [0.3, 0.4) is 0 Å². The van der Waals surface area contributed by atoms with Gasteiger partial charge in [0.2, 0.25) is 0 Å². The van der Waals surface area contributed by atoms with Crippen molar-refractivity contribution in [3.8, 4) is 0 Å². The lowest BCUT2D eigenvalue weighted by Crippen LogP contribution is -2.37. The standard InChI is InChI=1S/C22H20ClN5O2/c1-27(13-15-9-10-17(23)16-8-5-11-25-18(15)16)19-20(24)28(22(30)26-21(19)29)12-14-6-3-2-4-7-14/h2-11H,12-13,24H2,1H3,(H,26,29,30). The molecule has 0 spiro atoms. The molecule has 2 aromatic carbocycles. The van der Waals surface area contributed by atoms with Gasteiger partial charge >= 0.3 is 5.69 Å². The van der Waals surface area contributed by atoms with Crippen molar-refractivity contribution < 1.29 is 0 Å². The molecule has 0 amide bonds. The highest BCUT2D eigenvalue weighted by Crippen LogP contribution is 2.27. The molecule has 2 heterocycles. The molecule has 3 N–H and O–H groups in total. The van der Waals surface area contributed by atoms with E-state index in [0.717, 1.165) is 22.0 Å². The first-order valence-corrected chi connectivity index (χ1v) is 9.73. The molecule has 30 heavy (non-hydrogen) atoms. The number of nitrogens with zero attached hydrogens (tertiary/aromatic N) is 3. The van der Waals surface area contributed by atoms with Crippen molar-refractivity contribution in [3.05, 3.63) is 97.8 Å². The summed E-state index contributed by atoms with van der Waals surface area (Å²) in [5.74, 6) is 0.112. The number of hydrogen-bond donors (Lipinski definition) is 2. The third-order valence-corrected chi connectivity index (χ3v) is 5.32. The molecule has 4 rings (SSSR count). The van der Waals surface area contributed by atoms with Crippen LogP contribution in [0.15, 0.2) is 70.4 Å². The number of aromatic nitrogens is 3. The number of aromatic amines is 1. The van der Waals surface area contributed by atoms with Gasteiger partial charge in [-0.25, -0.2) is 4.79 Å². The molecule has 0 saturated heterocycles. The zero-order valence-corrected chi connectivity index (χ0v) is 17.1. The number of anilines is 2. The summed E-state index contributed by atoms with van der Waals surface area (Å²) in [6.45, 7) is 0.621. The summed E-state index contributed by atoms with van der Waals surface area (Å²) in [5.41, 5.74) is 7.98. The third-order valence-electron chi connectivity index (χ3n) is 4.99. The van der Waals surface area contributed by atoms with Gasteiger partial charge in [-0.15, -0.1) is 0 Å². The fourth-order valence-corrected chi connectivity index (χ4v) is 3.74. The van der Waals surface area contributed by atoms with Crippen LogP contribution in [0, 0.1) is 0 Å². The minimum atomic E-state index is -0.544. The van der Waals surface area contributed by atoms with Gasteiger partial charge in [0.25, 0.3) is 5.56 Å². The molecule has 0 radical (unpaired) electrons. The molecule has 0 aliphatic rings.